The quantitative estimate of drug-likeness (QED) is 0.363. The lowest BCUT2D eigenvalue weighted by atomic mass is 10.1. The highest BCUT2D eigenvalue weighted by Gasteiger charge is 2.34. The van der Waals surface area contributed by atoms with Crippen LogP contribution >= 0.6 is 22.3 Å². The largest absolute Gasteiger partial charge is 0.481 e. The third-order valence-corrected chi connectivity index (χ3v) is 6.98. The van der Waals surface area contributed by atoms with Crippen molar-refractivity contribution in [3.8, 4) is 0 Å². The van der Waals surface area contributed by atoms with Crippen molar-refractivity contribution in [3.05, 3.63) is 57.3 Å². The molecule has 3 rings (SSSR count). The fourth-order valence-corrected chi connectivity index (χ4v) is 5.19. The molecule has 1 amide bonds. The van der Waals surface area contributed by atoms with Gasteiger partial charge in [0, 0.05) is 11.4 Å². The molecule has 2 aromatic rings. The van der Waals surface area contributed by atoms with Crippen LogP contribution in [0.4, 0.5) is 0 Å². The molecule has 9 nitrogen and oxygen atoms in total. The molecular weight excluding hydrogens is 418 g/mol. The Morgan fingerprint density at radius 1 is 1.17 bits per heavy atom. The Labute approximate surface area is 173 Å². The van der Waals surface area contributed by atoms with Gasteiger partial charge in [-0.3, -0.25) is 18.7 Å². The Hall–Kier alpha value is -1.99. The van der Waals surface area contributed by atoms with Crippen molar-refractivity contribution in [1.29, 1.82) is 0 Å². The summed E-state index contributed by atoms with van der Waals surface area (Å²) < 4.78 is 23.4. The van der Waals surface area contributed by atoms with Crippen molar-refractivity contribution in [1.82, 2.24) is 14.3 Å². The lowest BCUT2D eigenvalue weighted by molar-refractivity contribution is -0.136. The van der Waals surface area contributed by atoms with E-state index in [9.17, 15) is 23.8 Å². The Balaban J connectivity index is 1.47. The van der Waals surface area contributed by atoms with Crippen LogP contribution in [-0.4, -0.2) is 54.8 Å². The molecule has 1 aliphatic heterocycles. The smallest absolute Gasteiger partial charge is 0.307 e. The number of rotatable bonds is 8. The summed E-state index contributed by atoms with van der Waals surface area (Å²) in [5, 5.41) is 21.1. The first kappa shape index (κ1) is 21.7. The number of carbonyl (C=O) groups is 2. The topological polar surface area (TPSA) is 142 Å². The van der Waals surface area contributed by atoms with Gasteiger partial charge >= 0.3 is 5.97 Å². The predicted molar refractivity (Wildman–Crippen MR) is 111 cm³/mol. The van der Waals surface area contributed by atoms with E-state index in [0.29, 0.717) is 17.8 Å². The molecular formula is C18H23N3O6S2. The van der Waals surface area contributed by atoms with E-state index in [-0.39, 0.29) is 25.4 Å². The average Bonchev–Trinajstić information content (AvgIpc) is 3.20. The lowest BCUT2D eigenvalue weighted by Gasteiger charge is -2.34. The Bertz CT molecular complexity index is 871. The lowest BCUT2D eigenvalue weighted by Crippen LogP contribution is -2.25. The van der Waals surface area contributed by atoms with Crippen molar-refractivity contribution in [2.45, 2.75) is 25.6 Å². The van der Waals surface area contributed by atoms with E-state index in [1.54, 1.807) is 24.3 Å². The van der Waals surface area contributed by atoms with Gasteiger partial charge in [0.15, 0.2) is 0 Å². The number of thiophene rings is 1. The number of nitrogens with one attached hydrogen (secondary N) is 2. The number of benzene rings is 1. The van der Waals surface area contributed by atoms with Crippen LogP contribution in [0.3, 0.4) is 0 Å². The second kappa shape index (κ2) is 9.22. The van der Waals surface area contributed by atoms with Gasteiger partial charge in [-0.05, 0) is 29.7 Å². The number of nitrogens with zero attached hydrogens (tertiary/aromatic N) is 1. The average molecular weight is 442 g/mol. The monoisotopic (exact) mass is 441 g/mol. The second-order valence-corrected chi connectivity index (χ2v) is 9.59. The molecule has 1 unspecified atom stereocenters. The van der Waals surface area contributed by atoms with Gasteiger partial charge in [-0.1, -0.05) is 35.2 Å². The molecule has 1 atom stereocenters. The summed E-state index contributed by atoms with van der Waals surface area (Å²) in [6.45, 7) is 0.743. The number of aliphatic hydroxyl groups excluding tert-OH is 1. The number of hydrogen-bond donors (Lipinski definition) is 6. The fourth-order valence-electron chi connectivity index (χ4n) is 2.91. The number of carbonyl (C=O) groups excluding carboxylic acids is 1. The minimum absolute atomic E-state index is 0.0145. The molecule has 1 saturated heterocycles. The van der Waals surface area contributed by atoms with Crippen LogP contribution in [0.5, 0.6) is 0 Å². The van der Waals surface area contributed by atoms with Crippen molar-refractivity contribution in [2.24, 2.45) is 0 Å². The molecule has 0 aliphatic carbocycles. The minimum atomic E-state index is -3.19. The van der Waals surface area contributed by atoms with Gasteiger partial charge in [-0.2, -0.15) is 9.03 Å². The first-order valence-electron chi connectivity index (χ1n) is 8.88. The highest BCUT2D eigenvalue weighted by Crippen LogP contribution is 2.44. The van der Waals surface area contributed by atoms with Gasteiger partial charge in [0.05, 0.1) is 24.4 Å². The van der Waals surface area contributed by atoms with Gasteiger partial charge in [0.25, 0.3) is 5.91 Å². The molecule has 1 aromatic heterocycles. The molecule has 158 valence electrons. The van der Waals surface area contributed by atoms with Crippen molar-refractivity contribution in [2.75, 3.05) is 13.1 Å². The maximum absolute atomic E-state index is 12.3. The molecule has 0 saturated carbocycles. The summed E-state index contributed by atoms with van der Waals surface area (Å²) in [5.74, 6) is -1.09. The number of aliphatic carboxylic acids is 1. The van der Waals surface area contributed by atoms with E-state index in [1.165, 1.54) is 15.6 Å². The summed E-state index contributed by atoms with van der Waals surface area (Å²) >= 11 is 1.26. The molecule has 1 aromatic carbocycles. The molecule has 0 bridgehead atoms. The summed E-state index contributed by atoms with van der Waals surface area (Å²) in [5.41, 5.74) is 1.73. The molecule has 6 N–H and O–H groups in total. The molecule has 2 heterocycles. The molecule has 29 heavy (non-hydrogen) atoms. The van der Waals surface area contributed by atoms with E-state index in [4.69, 9.17) is 5.11 Å². The minimum Gasteiger partial charge on any atom is -0.481 e. The first-order valence-corrected chi connectivity index (χ1v) is 11.2. The van der Waals surface area contributed by atoms with Crippen LogP contribution in [0.15, 0.2) is 36.4 Å². The SMILES string of the molecule is O=C(O)Cc1ccc(CCNC(=O)c2ccc(CN3CC(O)NS3(O)O)s2)cc1. The summed E-state index contributed by atoms with van der Waals surface area (Å²) in [7, 11) is -3.19. The van der Waals surface area contributed by atoms with Gasteiger partial charge in [0.2, 0.25) is 0 Å². The molecule has 1 aliphatic rings. The number of aliphatic hydroxyl groups is 1. The normalized spacial score (nSPS) is 19.8. The van der Waals surface area contributed by atoms with Crippen LogP contribution < -0.4 is 10.0 Å². The van der Waals surface area contributed by atoms with Crippen molar-refractivity contribution >= 4 is 34.2 Å². The molecule has 1 fully saturated rings. The molecule has 0 radical (unpaired) electrons. The molecule has 0 spiro atoms. The standard InChI is InChI=1S/C18H23N3O6S2/c22-16-11-21(29(26,27)20-16)10-14-5-6-15(28-14)18(25)19-8-7-12-1-3-13(4-2-12)9-17(23)24/h1-6,16,20,22,26-27H,7-11H2,(H,19,25)(H,23,24). The van der Waals surface area contributed by atoms with Crippen molar-refractivity contribution < 1.29 is 28.9 Å². The van der Waals surface area contributed by atoms with Crippen LogP contribution in [-0.2, 0) is 24.2 Å². The highest BCUT2D eigenvalue weighted by molar-refractivity contribution is 8.20. The second-order valence-electron chi connectivity index (χ2n) is 6.63. The fraction of sp³-hybridized carbons (Fsp3) is 0.333. The number of hydrogen-bond acceptors (Lipinski definition) is 8. The van der Waals surface area contributed by atoms with Crippen LogP contribution in [0.25, 0.3) is 0 Å². The summed E-state index contributed by atoms with van der Waals surface area (Å²) in [4.78, 5) is 24.3. The van der Waals surface area contributed by atoms with Crippen LogP contribution in [0.2, 0.25) is 0 Å². The van der Waals surface area contributed by atoms with E-state index in [2.05, 4.69) is 10.0 Å². The van der Waals surface area contributed by atoms with Gasteiger partial charge in [-0.25, -0.2) is 0 Å². The predicted octanol–water partition coefficient (Wildman–Crippen LogP) is 1.65. The van der Waals surface area contributed by atoms with Gasteiger partial charge in [0.1, 0.15) is 6.23 Å². The first-order chi connectivity index (χ1) is 13.7. The zero-order chi connectivity index (χ0) is 21.0. The van der Waals surface area contributed by atoms with E-state index in [1.807, 2.05) is 12.1 Å². The third-order valence-electron chi connectivity index (χ3n) is 4.33. The van der Waals surface area contributed by atoms with Gasteiger partial charge < -0.3 is 15.5 Å². The number of β-amino-alcohol motifs (C(OH)–C–C–N with tert-alkyl or cyclic N) is 1. The Kier molecular flexibility index (Phi) is 6.90. The zero-order valence-electron chi connectivity index (χ0n) is 15.4. The van der Waals surface area contributed by atoms with E-state index in [0.717, 1.165) is 16.0 Å². The zero-order valence-corrected chi connectivity index (χ0v) is 17.1. The number of carboxylic acid groups (broad SMARTS) is 1. The Morgan fingerprint density at radius 3 is 2.48 bits per heavy atom. The van der Waals surface area contributed by atoms with Crippen molar-refractivity contribution in [3.63, 3.8) is 0 Å². The summed E-state index contributed by atoms with van der Waals surface area (Å²) in [6.07, 6.45) is -0.393. The van der Waals surface area contributed by atoms with Gasteiger partial charge in [-0.15, -0.1) is 11.3 Å². The molecule has 11 heteroatoms. The van der Waals surface area contributed by atoms with E-state index < -0.39 is 23.2 Å². The summed E-state index contributed by atoms with van der Waals surface area (Å²) in [6, 6.07) is 10.7. The van der Waals surface area contributed by atoms with Crippen LogP contribution in [0.1, 0.15) is 25.7 Å². The number of carboxylic acids is 1. The maximum atomic E-state index is 12.3. The maximum Gasteiger partial charge on any atom is 0.307 e. The Morgan fingerprint density at radius 2 is 1.86 bits per heavy atom. The highest BCUT2D eigenvalue weighted by atomic mass is 32.3. The van der Waals surface area contributed by atoms with E-state index >= 15 is 0 Å². The third kappa shape index (κ3) is 6.00. The number of amides is 1. The van der Waals surface area contributed by atoms with Crippen LogP contribution in [0, 0.1) is 0 Å².